The van der Waals surface area contributed by atoms with Crippen LogP contribution in [0.5, 0.6) is 11.5 Å². The van der Waals surface area contributed by atoms with E-state index in [0.717, 1.165) is 5.56 Å². The first-order valence-electron chi connectivity index (χ1n) is 10.0. The van der Waals surface area contributed by atoms with Gasteiger partial charge < -0.3 is 24.2 Å². The SMILES string of the molecule is COc1ccc(OC)c(N2CCN(CC(=O)NCc3nc(-c4ccccc4)no3)C2=O)c1. The molecule has 10 nitrogen and oxygen atoms in total. The van der Waals surface area contributed by atoms with Gasteiger partial charge in [0.2, 0.25) is 17.6 Å². The number of aromatic nitrogens is 2. The maximum absolute atomic E-state index is 12.9. The first-order chi connectivity index (χ1) is 15.6. The number of carbonyl (C=O) groups excluding carboxylic acids is 2. The van der Waals surface area contributed by atoms with Crippen molar-refractivity contribution in [3.05, 3.63) is 54.4 Å². The number of ether oxygens (including phenoxy) is 2. The number of nitrogens with one attached hydrogen (secondary N) is 1. The quantitative estimate of drug-likeness (QED) is 0.576. The van der Waals surface area contributed by atoms with E-state index in [4.69, 9.17) is 14.0 Å². The van der Waals surface area contributed by atoms with Crippen molar-refractivity contribution in [2.75, 3.05) is 38.8 Å². The highest BCUT2D eigenvalue weighted by molar-refractivity contribution is 5.97. The van der Waals surface area contributed by atoms with Gasteiger partial charge in [-0.3, -0.25) is 9.69 Å². The Morgan fingerprint density at radius 2 is 1.94 bits per heavy atom. The molecule has 0 radical (unpaired) electrons. The molecule has 1 N–H and O–H groups in total. The summed E-state index contributed by atoms with van der Waals surface area (Å²) in [6.07, 6.45) is 0. The summed E-state index contributed by atoms with van der Waals surface area (Å²) in [5, 5.41) is 6.64. The molecule has 0 saturated carbocycles. The molecule has 0 unspecified atom stereocenters. The average Bonchev–Trinajstić information content (AvgIpc) is 3.45. The average molecular weight is 437 g/mol. The largest absolute Gasteiger partial charge is 0.497 e. The highest BCUT2D eigenvalue weighted by Crippen LogP contribution is 2.34. The molecule has 2 heterocycles. The van der Waals surface area contributed by atoms with E-state index in [-0.39, 0.29) is 30.9 Å². The summed E-state index contributed by atoms with van der Waals surface area (Å²) in [5.74, 6) is 1.58. The number of urea groups is 1. The van der Waals surface area contributed by atoms with E-state index in [2.05, 4.69) is 15.5 Å². The first-order valence-corrected chi connectivity index (χ1v) is 10.0. The lowest BCUT2D eigenvalue weighted by atomic mass is 10.2. The van der Waals surface area contributed by atoms with Crippen LogP contribution in [0.1, 0.15) is 5.89 Å². The summed E-state index contributed by atoms with van der Waals surface area (Å²) in [6.45, 7) is 0.834. The molecule has 2 aromatic carbocycles. The van der Waals surface area contributed by atoms with Gasteiger partial charge in [-0.25, -0.2) is 4.79 Å². The molecule has 0 spiro atoms. The molecule has 3 aromatic rings. The lowest BCUT2D eigenvalue weighted by Crippen LogP contribution is -2.39. The van der Waals surface area contributed by atoms with Crippen LogP contribution in [0.3, 0.4) is 0 Å². The van der Waals surface area contributed by atoms with E-state index in [9.17, 15) is 9.59 Å². The van der Waals surface area contributed by atoms with E-state index in [0.29, 0.717) is 36.1 Å². The fourth-order valence-corrected chi connectivity index (χ4v) is 3.40. The van der Waals surface area contributed by atoms with Crippen LogP contribution in [0.4, 0.5) is 10.5 Å². The molecular weight excluding hydrogens is 414 g/mol. The highest BCUT2D eigenvalue weighted by Gasteiger charge is 2.32. The summed E-state index contributed by atoms with van der Waals surface area (Å²) in [7, 11) is 3.10. The third-order valence-corrected chi connectivity index (χ3v) is 5.04. The van der Waals surface area contributed by atoms with Gasteiger partial charge in [0.15, 0.2) is 0 Å². The number of carbonyl (C=O) groups is 2. The molecule has 1 saturated heterocycles. The summed E-state index contributed by atoms with van der Waals surface area (Å²) in [6, 6.07) is 14.4. The first kappa shape index (κ1) is 21.2. The third kappa shape index (κ3) is 4.48. The molecule has 4 rings (SSSR count). The van der Waals surface area contributed by atoms with Crippen LogP contribution in [0.2, 0.25) is 0 Å². The Morgan fingerprint density at radius 1 is 1.12 bits per heavy atom. The van der Waals surface area contributed by atoms with Gasteiger partial charge in [0.1, 0.15) is 18.0 Å². The predicted molar refractivity (Wildman–Crippen MR) is 115 cm³/mol. The maximum Gasteiger partial charge on any atom is 0.325 e. The summed E-state index contributed by atoms with van der Waals surface area (Å²) in [4.78, 5) is 32.6. The number of hydrogen-bond acceptors (Lipinski definition) is 7. The van der Waals surface area contributed by atoms with Crippen molar-refractivity contribution in [2.24, 2.45) is 0 Å². The Morgan fingerprint density at radius 3 is 2.69 bits per heavy atom. The molecule has 1 aliphatic heterocycles. The Labute approximate surface area is 184 Å². The van der Waals surface area contributed by atoms with Gasteiger partial charge in [-0.05, 0) is 12.1 Å². The van der Waals surface area contributed by atoms with Crippen molar-refractivity contribution in [3.8, 4) is 22.9 Å². The highest BCUT2D eigenvalue weighted by atomic mass is 16.5. The Balaban J connectivity index is 1.34. The molecular formula is C22H23N5O5. The lowest BCUT2D eigenvalue weighted by Gasteiger charge is -2.20. The molecule has 166 valence electrons. The van der Waals surface area contributed by atoms with Crippen LogP contribution in [-0.4, -0.2) is 60.8 Å². The minimum absolute atomic E-state index is 0.0775. The van der Waals surface area contributed by atoms with Gasteiger partial charge in [0.05, 0.1) is 26.5 Å². The van der Waals surface area contributed by atoms with Gasteiger partial charge >= 0.3 is 6.03 Å². The summed E-state index contributed by atoms with van der Waals surface area (Å²) < 4.78 is 15.8. The molecule has 0 aliphatic carbocycles. The lowest BCUT2D eigenvalue weighted by molar-refractivity contribution is -0.121. The van der Waals surface area contributed by atoms with Crippen molar-refractivity contribution >= 4 is 17.6 Å². The number of nitrogens with zero attached hydrogens (tertiary/aromatic N) is 4. The number of anilines is 1. The van der Waals surface area contributed by atoms with E-state index in [1.807, 2.05) is 30.3 Å². The molecule has 0 bridgehead atoms. The molecule has 3 amide bonds. The summed E-state index contributed by atoms with van der Waals surface area (Å²) in [5.41, 5.74) is 1.42. The number of methoxy groups -OCH3 is 2. The fourth-order valence-electron chi connectivity index (χ4n) is 3.40. The van der Waals surface area contributed by atoms with E-state index in [1.54, 1.807) is 30.2 Å². The smallest absolute Gasteiger partial charge is 0.325 e. The third-order valence-electron chi connectivity index (χ3n) is 5.04. The second kappa shape index (κ2) is 9.38. The number of hydrogen-bond donors (Lipinski definition) is 1. The van der Waals surface area contributed by atoms with Gasteiger partial charge in [-0.2, -0.15) is 4.98 Å². The normalized spacial score (nSPS) is 13.4. The Kier molecular flexibility index (Phi) is 6.20. The van der Waals surface area contributed by atoms with Gasteiger partial charge in [0.25, 0.3) is 0 Å². The topological polar surface area (TPSA) is 110 Å². The van der Waals surface area contributed by atoms with Crippen LogP contribution >= 0.6 is 0 Å². The van der Waals surface area contributed by atoms with Crippen molar-refractivity contribution in [3.63, 3.8) is 0 Å². The second-order valence-electron chi connectivity index (χ2n) is 7.05. The number of amides is 3. The Bertz CT molecular complexity index is 1100. The van der Waals surface area contributed by atoms with E-state index in [1.165, 1.54) is 12.0 Å². The number of benzene rings is 2. The zero-order chi connectivity index (χ0) is 22.5. The summed E-state index contributed by atoms with van der Waals surface area (Å²) >= 11 is 0. The van der Waals surface area contributed by atoms with Crippen LogP contribution in [-0.2, 0) is 11.3 Å². The number of rotatable bonds is 8. The van der Waals surface area contributed by atoms with Gasteiger partial charge in [-0.1, -0.05) is 35.5 Å². The molecule has 1 aliphatic rings. The van der Waals surface area contributed by atoms with Crippen molar-refractivity contribution in [1.29, 1.82) is 0 Å². The molecule has 0 atom stereocenters. The predicted octanol–water partition coefficient (Wildman–Crippen LogP) is 2.31. The zero-order valence-corrected chi connectivity index (χ0v) is 17.8. The van der Waals surface area contributed by atoms with Crippen molar-refractivity contribution in [1.82, 2.24) is 20.4 Å². The molecule has 1 aromatic heterocycles. The van der Waals surface area contributed by atoms with Crippen molar-refractivity contribution in [2.45, 2.75) is 6.54 Å². The minimum Gasteiger partial charge on any atom is -0.497 e. The second-order valence-corrected chi connectivity index (χ2v) is 7.05. The minimum atomic E-state index is -0.322. The van der Waals surface area contributed by atoms with Crippen molar-refractivity contribution < 1.29 is 23.6 Å². The van der Waals surface area contributed by atoms with Crippen LogP contribution in [0, 0.1) is 0 Å². The molecule has 32 heavy (non-hydrogen) atoms. The molecule has 10 heteroatoms. The standard InChI is InChI=1S/C22H23N5O5/c1-30-16-8-9-18(31-2)17(12-16)27-11-10-26(22(27)29)14-19(28)23-13-20-24-21(25-32-20)15-6-4-3-5-7-15/h3-9,12H,10-11,13-14H2,1-2H3,(H,23,28). The van der Waals surface area contributed by atoms with Gasteiger partial charge in [-0.15, -0.1) is 0 Å². The fraction of sp³-hybridized carbons (Fsp3) is 0.273. The van der Waals surface area contributed by atoms with Gasteiger partial charge in [0, 0.05) is 24.7 Å². The zero-order valence-electron chi connectivity index (χ0n) is 17.8. The monoisotopic (exact) mass is 437 g/mol. The molecule has 1 fully saturated rings. The maximum atomic E-state index is 12.9. The Hall–Kier alpha value is -4.08. The van der Waals surface area contributed by atoms with Crippen LogP contribution in [0.15, 0.2) is 53.1 Å². The van der Waals surface area contributed by atoms with E-state index < -0.39 is 0 Å². The van der Waals surface area contributed by atoms with Crippen LogP contribution in [0.25, 0.3) is 11.4 Å². The van der Waals surface area contributed by atoms with E-state index >= 15 is 0 Å². The van der Waals surface area contributed by atoms with Crippen LogP contribution < -0.4 is 19.7 Å².